The van der Waals surface area contributed by atoms with Crippen molar-refractivity contribution in [2.24, 2.45) is 23.3 Å². The topological polar surface area (TPSA) is 119 Å². The summed E-state index contributed by atoms with van der Waals surface area (Å²) in [5, 5.41) is 0. The van der Waals surface area contributed by atoms with E-state index in [9.17, 15) is 14.4 Å². The molecule has 2 aliphatic rings. The highest BCUT2D eigenvalue weighted by Crippen LogP contribution is 2.47. The number of fused-ring (bicyclic) bond motifs is 1. The lowest BCUT2D eigenvalue weighted by Crippen LogP contribution is -2.64. The Hall–Kier alpha value is -1.67. The Morgan fingerprint density at radius 2 is 2.04 bits per heavy atom. The molecule has 0 aromatic rings. The maximum absolute atomic E-state index is 12.6. The van der Waals surface area contributed by atoms with Gasteiger partial charge in [-0.05, 0) is 25.7 Å². The van der Waals surface area contributed by atoms with Crippen LogP contribution in [0.25, 0.3) is 0 Å². The molecule has 4 N–H and O–H groups in total. The molecule has 136 valence electrons. The lowest BCUT2D eigenvalue weighted by molar-refractivity contribution is -0.160. The minimum absolute atomic E-state index is 0.0330. The highest BCUT2D eigenvalue weighted by atomic mass is 16.5. The fraction of sp³-hybridized carbons (Fsp3) is 0.812. The number of likely N-dealkylation sites (N-methyl/N-ethyl adjacent to an activating group) is 1. The quantitative estimate of drug-likeness (QED) is 0.611. The molecule has 0 spiro atoms. The molecule has 1 aliphatic carbocycles. The predicted molar refractivity (Wildman–Crippen MR) is 87.6 cm³/mol. The van der Waals surface area contributed by atoms with Gasteiger partial charge >= 0.3 is 0 Å². The van der Waals surface area contributed by atoms with Crippen molar-refractivity contribution in [2.75, 3.05) is 27.2 Å². The van der Waals surface area contributed by atoms with Crippen LogP contribution < -0.4 is 11.5 Å². The van der Waals surface area contributed by atoms with Gasteiger partial charge in [-0.1, -0.05) is 0 Å². The SMILES string of the molecule is COC1C(C(N)=O)C2CCN(C(=O)CCC(C)N(C)C(=O)CN)C21. The van der Waals surface area contributed by atoms with E-state index in [-0.39, 0.29) is 54.3 Å². The van der Waals surface area contributed by atoms with Crippen molar-refractivity contribution in [2.45, 2.75) is 44.4 Å². The molecule has 1 aliphatic heterocycles. The molecule has 0 aromatic carbocycles. The van der Waals surface area contributed by atoms with Gasteiger partial charge in [0, 0.05) is 33.2 Å². The number of nitrogens with two attached hydrogens (primary N) is 2. The van der Waals surface area contributed by atoms with Crippen molar-refractivity contribution in [3.8, 4) is 0 Å². The Bertz CT molecular complexity index is 512. The molecule has 1 saturated heterocycles. The summed E-state index contributed by atoms with van der Waals surface area (Å²) in [7, 11) is 3.24. The first kappa shape index (κ1) is 18.7. The number of methoxy groups -OCH3 is 1. The summed E-state index contributed by atoms with van der Waals surface area (Å²) in [5.74, 6) is -0.653. The van der Waals surface area contributed by atoms with Crippen LogP contribution in [0.5, 0.6) is 0 Å². The lowest BCUT2D eigenvalue weighted by Gasteiger charge is -2.48. The molecule has 2 rings (SSSR count). The first-order chi connectivity index (χ1) is 11.3. The van der Waals surface area contributed by atoms with E-state index < -0.39 is 0 Å². The molecule has 24 heavy (non-hydrogen) atoms. The standard InChI is InChI=1S/C16H28N4O4/c1-9(19(2)12(22)8-17)4-5-11(21)20-7-6-10-13(16(18)23)15(24-3)14(10)20/h9-10,13-15H,4-8,17H2,1-3H3,(H2,18,23). The van der Waals surface area contributed by atoms with Crippen LogP contribution in [0.1, 0.15) is 26.2 Å². The number of amides is 3. The number of hydrogen-bond acceptors (Lipinski definition) is 5. The number of likely N-dealkylation sites (tertiary alicyclic amines) is 1. The Balaban J connectivity index is 1.90. The van der Waals surface area contributed by atoms with Gasteiger partial charge in [0.1, 0.15) is 0 Å². The van der Waals surface area contributed by atoms with Gasteiger partial charge in [0.05, 0.1) is 24.6 Å². The minimum Gasteiger partial charge on any atom is -0.378 e. The van der Waals surface area contributed by atoms with E-state index in [1.165, 1.54) is 0 Å². The Labute approximate surface area is 142 Å². The van der Waals surface area contributed by atoms with Crippen LogP contribution in [0.3, 0.4) is 0 Å². The molecule has 0 radical (unpaired) electrons. The molecule has 5 unspecified atom stereocenters. The fourth-order valence-electron chi connectivity index (χ4n) is 3.97. The largest absolute Gasteiger partial charge is 0.378 e. The monoisotopic (exact) mass is 340 g/mol. The van der Waals surface area contributed by atoms with Gasteiger partial charge < -0.3 is 26.0 Å². The average Bonchev–Trinajstić information content (AvgIpc) is 2.89. The second kappa shape index (κ2) is 7.48. The van der Waals surface area contributed by atoms with E-state index in [2.05, 4.69) is 0 Å². The maximum atomic E-state index is 12.6. The van der Waals surface area contributed by atoms with E-state index in [4.69, 9.17) is 16.2 Å². The van der Waals surface area contributed by atoms with Crippen molar-refractivity contribution < 1.29 is 19.1 Å². The zero-order chi connectivity index (χ0) is 18.0. The third kappa shape index (κ3) is 3.25. The summed E-state index contributed by atoms with van der Waals surface area (Å²) < 4.78 is 5.40. The summed E-state index contributed by atoms with van der Waals surface area (Å²) in [4.78, 5) is 39.1. The Kier molecular flexibility index (Phi) is 5.82. The van der Waals surface area contributed by atoms with Crippen LogP contribution in [0.2, 0.25) is 0 Å². The van der Waals surface area contributed by atoms with Crippen LogP contribution in [0.15, 0.2) is 0 Å². The van der Waals surface area contributed by atoms with Crippen molar-refractivity contribution >= 4 is 17.7 Å². The molecule has 1 saturated carbocycles. The first-order valence-corrected chi connectivity index (χ1v) is 8.40. The number of rotatable bonds is 7. The molecule has 0 aromatic heterocycles. The smallest absolute Gasteiger partial charge is 0.236 e. The Morgan fingerprint density at radius 1 is 1.38 bits per heavy atom. The number of carbonyl (C=O) groups is 3. The van der Waals surface area contributed by atoms with Gasteiger partial charge in [0.25, 0.3) is 0 Å². The third-order valence-corrected chi connectivity index (χ3v) is 5.58. The maximum Gasteiger partial charge on any atom is 0.236 e. The van der Waals surface area contributed by atoms with Gasteiger partial charge in [0.15, 0.2) is 0 Å². The molecular weight excluding hydrogens is 312 g/mol. The van der Waals surface area contributed by atoms with Gasteiger partial charge in [-0.15, -0.1) is 0 Å². The summed E-state index contributed by atoms with van der Waals surface area (Å²) in [6.45, 7) is 2.50. The number of hydrogen-bond donors (Lipinski definition) is 2. The highest BCUT2D eigenvalue weighted by molar-refractivity contribution is 5.82. The summed E-state index contributed by atoms with van der Waals surface area (Å²) in [6.07, 6.45) is 1.40. The van der Waals surface area contributed by atoms with Gasteiger partial charge in [0.2, 0.25) is 17.7 Å². The van der Waals surface area contributed by atoms with Crippen LogP contribution >= 0.6 is 0 Å². The minimum atomic E-state index is -0.354. The zero-order valence-corrected chi connectivity index (χ0v) is 14.6. The normalized spacial score (nSPS) is 29.6. The third-order valence-electron chi connectivity index (χ3n) is 5.58. The average molecular weight is 340 g/mol. The first-order valence-electron chi connectivity index (χ1n) is 8.40. The van der Waals surface area contributed by atoms with Crippen LogP contribution in [-0.4, -0.2) is 73.0 Å². The van der Waals surface area contributed by atoms with Crippen molar-refractivity contribution in [3.05, 3.63) is 0 Å². The molecule has 1 heterocycles. The van der Waals surface area contributed by atoms with Gasteiger partial charge in [-0.25, -0.2) is 0 Å². The lowest BCUT2D eigenvalue weighted by atomic mass is 9.66. The van der Waals surface area contributed by atoms with E-state index in [1.807, 2.05) is 11.8 Å². The summed E-state index contributed by atoms with van der Waals surface area (Å²) in [6, 6.07) is -0.111. The number of carbonyl (C=O) groups excluding carboxylic acids is 3. The van der Waals surface area contributed by atoms with E-state index in [0.29, 0.717) is 19.4 Å². The second-order valence-electron chi connectivity index (χ2n) is 6.76. The van der Waals surface area contributed by atoms with E-state index >= 15 is 0 Å². The van der Waals surface area contributed by atoms with Crippen molar-refractivity contribution in [1.29, 1.82) is 0 Å². The molecule has 8 heteroatoms. The molecule has 5 atom stereocenters. The van der Waals surface area contributed by atoms with E-state index in [1.54, 1.807) is 19.1 Å². The summed E-state index contributed by atoms with van der Waals surface area (Å²) in [5.41, 5.74) is 10.8. The van der Waals surface area contributed by atoms with Gasteiger partial charge in [-0.3, -0.25) is 14.4 Å². The fourth-order valence-corrected chi connectivity index (χ4v) is 3.97. The second-order valence-corrected chi connectivity index (χ2v) is 6.76. The van der Waals surface area contributed by atoms with Crippen LogP contribution in [-0.2, 0) is 19.1 Å². The van der Waals surface area contributed by atoms with Crippen LogP contribution in [0.4, 0.5) is 0 Å². The summed E-state index contributed by atoms with van der Waals surface area (Å²) >= 11 is 0. The number of primary amides is 1. The Morgan fingerprint density at radius 3 is 2.58 bits per heavy atom. The molecule has 3 amide bonds. The van der Waals surface area contributed by atoms with Crippen LogP contribution in [0, 0.1) is 11.8 Å². The number of ether oxygens (including phenoxy) is 1. The molecule has 2 fully saturated rings. The number of nitrogens with zero attached hydrogens (tertiary/aromatic N) is 2. The van der Waals surface area contributed by atoms with Crippen molar-refractivity contribution in [1.82, 2.24) is 9.80 Å². The highest BCUT2D eigenvalue weighted by Gasteiger charge is 2.59. The molecule has 8 nitrogen and oxygen atoms in total. The molecule has 0 bridgehead atoms. The zero-order valence-electron chi connectivity index (χ0n) is 14.6. The predicted octanol–water partition coefficient (Wildman–Crippen LogP) is -1.08. The van der Waals surface area contributed by atoms with Gasteiger partial charge in [-0.2, -0.15) is 0 Å². The molecular formula is C16H28N4O4. The van der Waals surface area contributed by atoms with E-state index in [0.717, 1.165) is 6.42 Å². The van der Waals surface area contributed by atoms with Crippen molar-refractivity contribution in [3.63, 3.8) is 0 Å².